The fourth-order valence-corrected chi connectivity index (χ4v) is 1.79. The molecule has 19 heavy (non-hydrogen) atoms. The maximum absolute atomic E-state index is 12.4. The van der Waals surface area contributed by atoms with Crippen LogP contribution in [0.3, 0.4) is 0 Å². The molecule has 0 unspecified atom stereocenters. The summed E-state index contributed by atoms with van der Waals surface area (Å²) in [6.45, 7) is 3.08. The highest BCUT2D eigenvalue weighted by molar-refractivity contribution is 5.98. The smallest absolute Gasteiger partial charge is 0.257 e. The number of pyridine rings is 2. The molecule has 0 saturated heterocycles. The molecule has 0 aromatic carbocycles. The molecule has 0 bridgehead atoms. The van der Waals surface area contributed by atoms with Crippen molar-refractivity contribution in [2.24, 2.45) is 0 Å². The fourth-order valence-electron chi connectivity index (χ4n) is 1.79. The van der Waals surface area contributed by atoms with Gasteiger partial charge >= 0.3 is 0 Å². The van der Waals surface area contributed by atoms with E-state index in [1.165, 1.54) is 6.20 Å². The molecule has 2 N–H and O–H groups in total. The van der Waals surface area contributed by atoms with Gasteiger partial charge in [0.1, 0.15) is 0 Å². The lowest BCUT2D eigenvalue weighted by molar-refractivity contribution is 0.0753. The first-order valence-corrected chi connectivity index (χ1v) is 6.10. The minimum absolute atomic E-state index is 0.107. The van der Waals surface area contributed by atoms with Crippen LogP contribution in [0.1, 0.15) is 22.8 Å². The number of hydrogen-bond acceptors (Lipinski definition) is 4. The molecule has 0 spiro atoms. The molecule has 0 radical (unpaired) electrons. The third-order valence-electron chi connectivity index (χ3n) is 2.88. The Bertz CT molecular complexity index is 556. The van der Waals surface area contributed by atoms with Gasteiger partial charge < -0.3 is 10.6 Å². The summed E-state index contributed by atoms with van der Waals surface area (Å²) in [7, 11) is 0. The highest BCUT2D eigenvalue weighted by Crippen LogP contribution is 2.14. The van der Waals surface area contributed by atoms with Crippen molar-refractivity contribution >= 4 is 11.6 Å². The number of nitrogens with two attached hydrogens (primary N) is 1. The van der Waals surface area contributed by atoms with Crippen LogP contribution in [0.15, 0.2) is 43.0 Å². The Balaban J connectivity index is 2.18. The van der Waals surface area contributed by atoms with Crippen LogP contribution in [-0.2, 0) is 6.54 Å². The SMILES string of the molecule is CCN(Cc1ccncc1)C(=O)c1cnccc1N. The van der Waals surface area contributed by atoms with Crippen LogP contribution in [0.4, 0.5) is 5.69 Å². The Morgan fingerprint density at radius 2 is 1.89 bits per heavy atom. The number of carbonyl (C=O) groups is 1. The molecule has 2 aromatic heterocycles. The van der Waals surface area contributed by atoms with Crippen LogP contribution < -0.4 is 5.73 Å². The average Bonchev–Trinajstić information content (AvgIpc) is 2.46. The van der Waals surface area contributed by atoms with E-state index in [2.05, 4.69) is 9.97 Å². The van der Waals surface area contributed by atoms with Crippen molar-refractivity contribution in [3.8, 4) is 0 Å². The third kappa shape index (κ3) is 3.07. The van der Waals surface area contributed by atoms with Crippen molar-refractivity contribution in [2.45, 2.75) is 13.5 Å². The van der Waals surface area contributed by atoms with Crippen LogP contribution >= 0.6 is 0 Å². The molecule has 0 aliphatic rings. The second-order valence-electron chi connectivity index (χ2n) is 4.14. The molecular formula is C14H16N4O. The zero-order valence-electron chi connectivity index (χ0n) is 10.8. The van der Waals surface area contributed by atoms with Gasteiger partial charge in [-0.2, -0.15) is 0 Å². The molecule has 0 atom stereocenters. The molecule has 0 fully saturated rings. The minimum Gasteiger partial charge on any atom is -0.398 e. The van der Waals surface area contributed by atoms with E-state index in [-0.39, 0.29) is 5.91 Å². The maximum Gasteiger partial charge on any atom is 0.257 e. The predicted molar refractivity (Wildman–Crippen MR) is 73.3 cm³/mol. The summed E-state index contributed by atoms with van der Waals surface area (Å²) < 4.78 is 0. The van der Waals surface area contributed by atoms with Crippen molar-refractivity contribution in [3.63, 3.8) is 0 Å². The molecule has 98 valence electrons. The van der Waals surface area contributed by atoms with Gasteiger partial charge in [-0.25, -0.2) is 0 Å². The molecule has 2 heterocycles. The molecular weight excluding hydrogens is 240 g/mol. The number of nitrogen functional groups attached to an aromatic ring is 1. The van der Waals surface area contributed by atoms with Crippen LogP contribution in [0, 0.1) is 0 Å². The zero-order chi connectivity index (χ0) is 13.7. The topological polar surface area (TPSA) is 72.1 Å². The lowest BCUT2D eigenvalue weighted by atomic mass is 10.2. The first kappa shape index (κ1) is 13.0. The molecule has 5 heteroatoms. The molecule has 0 saturated carbocycles. The first-order valence-electron chi connectivity index (χ1n) is 6.10. The Kier molecular flexibility index (Phi) is 4.07. The van der Waals surface area contributed by atoms with E-state index in [9.17, 15) is 4.79 Å². The summed E-state index contributed by atoms with van der Waals surface area (Å²) in [4.78, 5) is 22.0. The molecule has 1 amide bonds. The molecule has 0 aliphatic carbocycles. The largest absolute Gasteiger partial charge is 0.398 e. The van der Waals surface area contributed by atoms with Crippen LogP contribution in [0.25, 0.3) is 0 Å². The standard InChI is InChI=1S/C14H16N4O/c1-2-18(10-11-3-6-16-7-4-11)14(19)12-9-17-8-5-13(12)15/h3-9H,2,10H2,1H3,(H2,15,17). The molecule has 5 nitrogen and oxygen atoms in total. The van der Waals surface area contributed by atoms with Gasteiger partial charge in [0.05, 0.1) is 5.56 Å². The van der Waals surface area contributed by atoms with Gasteiger partial charge in [-0.05, 0) is 30.7 Å². The summed E-state index contributed by atoms with van der Waals surface area (Å²) in [5.41, 5.74) is 7.74. The normalized spacial score (nSPS) is 10.2. The van der Waals surface area contributed by atoms with E-state index >= 15 is 0 Å². The fraction of sp³-hybridized carbons (Fsp3) is 0.214. The molecule has 0 aliphatic heterocycles. The lowest BCUT2D eigenvalue weighted by Crippen LogP contribution is -2.31. The van der Waals surface area contributed by atoms with Gasteiger partial charge in [-0.15, -0.1) is 0 Å². The minimum atomic E-state index is -0.107. The van der Waals surface area contributed by atoms with Crippen LogP contribution in [0.5, 0.6) is 0 Å². The first-order chi connectivity index (χ1) is 9.22. The number of nitrogens with zero attached hydrogens (tertiary/aromatic N) is 3. The van der Waals surface area contributed by atoms with Crippen LogP contribution in [-0.4, -0.2) is 27.3 Å². The van der Waals surface area contributed by atoms with E-state index in [4.69, 9.17) is 5.73 Å². The number of aromatic nitrogens is 2. The van der Waals surface area contributed by atoms with Crippen LogP contribution in [0.2, 0.25) is 0 Å². The highest BCUT2D eigenvalue weighted by atomic mass is 16.2. The second kappa shape index (κ2) is 5.95. The van der Waals surface area contributed by atoms with E-state index in [1.54, 1.807) is 29.6 Å². The summed E-state index contributed by atoms with van der Waals surface area (Å²) in [5, 5.41) is 0. The summed E-state index contributed by atoms with van der Waals surface area (Å²) in [6.07, 6.45) is 6.51. The summed E-state index contributed by atoms with van der Waals surface area (Å²) in [5.74, 6) is -0.107. The predicted octanol–water partition coefficient (Wildman–Crippen LogP) is 1.72. The van der Waals surface area contributed by atoms with Gasteiger partial charge in [0.15, 0.2) is 0 Å². The van der Waals surface area contributed by atoms with Gasteiger partial charge in [0.2, 0.25) is 0 Å². The zero-order valence-corrected chi connectivity index (χ0v) is 10.8. The summed E-state index contributed by atoms with van der Waals surface area (Å²) >= 11 is 0. The van der Waals surface area contributed by atoms with E-state index < -0.39 is 0 Å². The van der Waals surface area contributed by atoms with E-state index in [0.717, 1.165) is 5.56 Å². The van der Waals surface area contributed by atoms with Crippen molar-refractivity contribution in [1.82, 2.24) is 14.9 Å². The number of hydrogen-bond donors (Lipinski definition) is 1. The number of anilines is 1. The average molecular weight is 256 g/mol. The number of amides is 1. The Morgan fingerprint density at radius 1 is 1.21 bits per heavy atom. The maximum atomic E-state index is 12.4. The van der Waals surface area contributed by atoms with E-state index in [1.807, 2.05) is 19.1 Å². The quantitative estimate of drug-likeness (QED) is 0.904. The Labute approximate surface area is 112 Å². The van der Waals surface area contributed by atoms with Crippen molar-refractivity contribution in [3.05, 3.63) is 54.1 Å². The van der Waals surface area contributed by atoms with Gasteiger partial charge in [-0.3, -0.25) is 14.8 Å². The van der Waals surface area contributed by atoms with Gasteiger partial charge in [0.25, 0.3) is 5.91 Å². The Hall–Kier alpha value is -2.43. The second-order valence-corrected chi connectivity index (χ2v) is 4.14. The molecule has 2 aromatic rings. The Morgan fingerprint density at radius 3 is 2.53 bits per heavy atom. The number of carbonyl (C=O) groups excluding carboxylic acids is 1. The van der Waals surface area contributed by atoms with Crippen molar-refractivity contribution in [2.75, 3.05) is 12.3 Å². The van der Waals surface area contributed by atoms with Gasteiger partial charge in [-0.1, -0.05) is 0 Å². The van der Waals surface area contributed by atoms with Crippen molar-refractivity contribution in [1.29, 1.82) is 0 Å². The molecule has 2 rings (SSSR count). The third-order valence-corrected chi connectivity index (χ3v) is 2.88. The lowest BCUT2D eigenvalue weighted by Gasteiger charge is -2.21. The van der Waals surface area contributed by atoms with Crippen molar-refractivity contribution < 1.29 is 4.79 Å². The van der Waals surface area contributed by atoms with E-state index in [0.29, 0.717) is 24.3 Å². The monoisotopic (exact) mass is 256 g/mol. The number of rotatable bonds is 4. The van der Waals surface area contributed by atoms with Gasteiger partial charge in [0, 0.05) is 43.6 Å². The highest BCUT2D eigenvalue weighted by Gasteiger charge is 2.17. The summed E-state index contributed by atoms with van der Waals surface area (Å²) in [6, 6.07) is 5.42.